The van der Waals surface area contributed by atoms with Crippen molar-refractivity contribution in [3.8, 4) is 17.6 Å². The van der Waals surface area contributed by atoms with Crippen molar-refractivity contribution < 1.29 is 23.4 Å². The Hall–Kier alpha value is -3.63. The molecule has 0 amide bonds. The number of hydrogen-bond acceptors (Lipinski definition) is 8. The first kappa shape index (κ1) is 28.4. The summed E-state index contributed by atoms with van der Waals surface area (Å²) in [4.78, 5) is 23.5. The number of benzene rings is 2. The summed E-state index contributed by atoms with van der Waals surface area (Å²) < 4.78 is 25.6. The number of halogens is 1. The van der Waals surface area contributed by atoms with E-state index in [1.54, 1.807) is 27.0 Å². The predicted octanol–water partition coefficient (Wildman–Crippen LogP) is 6.19. The minimum Gasteiger partial charge on any atom is -0.476 e. The Balaban J connectivity index is 1.49. The third-order valence-electron chi connectivity index (χ3n) is 6.00. The molecule has 0 aliphatic rings. The molecule has 0 aliphatic carbocycles. The van der Waals surface area contributed by atoms with Gasteiger partial charge in [-0.15, -0.1) is 0 Å². The molecule has 0 N–H and O–H groups in total. The van der Waals surface area contributed by atoms with Crippen LogP contribution >= 0.6 is 15.9 Å². The molecule has 0 saturated heterocycles. The molecule has 0 fully saturated rings. The van der Waals surface area contributed by atoms with E-state index in [1.807, 2.05) is 73.3 Å². The Labute approximate surface area is 236 Å². The maximum absolute atomic E-state index is 12.2. The van der Waals surface area contributed by atoms with Crippen molar-refractivity contribution in [1.82, 2.24) is 19.4 Å². The van der Waals surface area contributed by atoms with Crippen molar-refractivity contribution in [2.75, 3.05) is 6.61 Å². The average molecular weight is 598 g/mol. The smallest absolute Gasteiger partial charge is 0.399 e. The molecule has 2 aromatic heterocycles. The van der Waals surface area contributed by atoms with Crippen LogP contribution in [0.1, 0.15) is 43.6 Å². The molecule has 2 heterocycles. The van der Waals surface area contributed by atoms with E-state index in [-0.39, 0.29) is 6.08 Å². The highest BCUT2D eigenvalue weighted by atomic mass is 79.9. The number of imidazole rings is 1. The first-order chi connectivity index (χ1) is 18.6. The van der Waals surface area contributed by atoms with Gasteiger partial charge >= 0.3 is 12.0 Å². The van der Waals surface area contributed by atoms with E-state index in [9.17, 15) is 4.79 Å². The lowest BCUT2D eigenvalue weighted by molar-refractivity contribution is -0.158. The van der Waals surface area contributed by atoms with Gasteiger partial charge in [0.25, 0.3) is 0 Å². The van der Waals surface area contributed by atoms with Crippen LogP contribution in [0.5, 0.6) is 17.6 Å². The van der Waals surface area contributed by atoms with E-state index >= 15 is 0 Å². The van der Waals surface area contributed by atoms with Gasteiger partial charge < -0.3 is 23.2 Å². The lowest BCUT2D eigenvalue weighted by Gasteiger charge is -2.24. The zero-order valence-corrected chi connectivity index (χ0v) is 24.4. The van der Waals surface area contributed by atoms with Gasteiger partial charge in [-0.25, -0.2) is 9.78 Å². The molecule has 0 radical (unpaired) electrons. The number of carbonyl (C=O) groups is 1. The quantitative estimate of drug-likeness (QED) is 0.179. The minimum absolute atomic E-state index is 0.197. The zero-order chi connectivity index (χ0) is 28.0. The van der Waals surface area contributed by atoms with Gasteiger partial charge in [-0.05, 0) is 63.6 Å². The number of rotatable bonds is 12. The first-order valence-corrected chi connectivity index (χ1v) is 13.5. The predicted molar refractivity (Wildman–Crippen MR) is 149 cm³/mol. The molecule has 0 bridgehead atoms. The number of aromatic nitrogens is 3. The van der Waals surface area contributed by atoms with Crippen molar-refractivity contribution in [2.24, 2.45) is 7.05 Å². The van der Waals surface area contributed by atoms with Gasteiger partial charge in [-0.3, -0.25) is 4.90 Å². The van der Waals surface area contributed by atoms with E-state index in [0.717, 1.165) is 21.6 Å². The second-order valence-corrected chi connectivity index (χ2v) is 10.5. The Bertz CT molecular complexity index is 1400. The Morgan fingerprint density at radius 3 is 2.54 bits per heavy atom. The summed E-state index contributed by atoms with van der Waals surface area (Å²) in [5.41, 5.74) is 0.768. The monoisotopic (exact) mass is 596 g/mol. The SMILES string of the molecule is CCOC(=O)C(C)(C)Oc1ccc(CN(Cc2nc(Oc3cccc(Br)c3)oc2C)Cc2nccn2C)cc1. The molecule has 4 aromatic rings. The van der Waals surface area contributed by atoms with E-state index in [4.69, 9.17) is 18.6 Å². The van der Waals surface area contributed by atoms with Gasteiger partial charge in [0.2, 0.25) is 0 Å². The first-order valence-electron chi connectivity index (χ1n) is 12.7. The van der Waals surface area contributed by atoms with Gasteiger partial charge in [0, 0.05) is 37.0 Å². The van der Waals surface area contributed by atoms with E-state index in [2.05, 4.69) is 30.8 Å². The van der Waals surface area contributed by atoms with Crippen LogP contribution < -0.4 is 9.47 Å². The number of oxazole rings is 1. The Morgan fingerprint density at radius 2 is 1.87 bits per heavy atom. The number of carbonyl (C=O) groups excluding carboxylic acids is 1. The maximum atomic E-state index is 12.2. The second-order valence-electron chi connectivity index (χ2n) is 9.62. The molecule has 39 heavy (non-hydrogen) atoms. The molecule has 0 atom stereocenters. The van der Waals surface area contributed by atoms with Crippen LogP contribution in [0.2, 0.25) is 0 Å². The molecular weight excluding hydrogens is 564 g/mol. The van der Waals surface area contributed by atoms with E-state index < -0.39 is 11.6 Å². The topological polar surface area (TPSA) is 91.8 Å². The van der Waals surface area contributed by atoms with Crippen LogP contribution in [-0.4, -0.2) is 37.6 Å². The van der Waals surface area contributed by atoms with Crippen LogP contribution in [0.3, 0.4) is 0 Å². The van der Waals surface area contributed by atoms with Gasteiger partial charge in [0.05, 0.1) is 18.8 Å². The van der Waals surface area contributed by atoms with Crippen molar-refractivity contribution >= 4 is 21.9 Å². The van der Waals surface area contributed by atoms with Crippen LogP contribution in [0, 0.1) is 6.92 Å². The Morgan fingerprint density at radius 1 is 1.10 bits per heavy atom. The summed E-state index contributed by atoms with van der Waals surface area (Å²) in [5.74, 6) is 2.44. The maximum Gasteiger partial charge on any atom is 0.399 e. The largest absolute Gasteiger partial charge is 0.476 e. The zero-order valence-electron chi connectivity index (χ0n) is 22.8. The summed E-state index contributed by atoms with van der Waals surface area (Å²) in [7, 11) is 1.98. The second kappa shape index (κ2) is 12.5. The number of esters is 1. The molecule has 4 rings (SSSR count). The fraction of sp³-hybridized carbons (Fsp3) is 0.345. The molecule has 10 heteroatoms. The van der Waals surface area contributed by atoms with Crippen molar-refractivity contribution in [2.45, 2.75) is 52.9 Å². The van der Waals surface area contributed by atoms with E-state index in [0.29, 0.717) is 43.5 Å². The lowest BCUT2D eigenvalue weighted by atomic mass is 10.1. The van der Waals surface area contributed by atoms with Crippen LogP contribution in [0.25, 0.3) is 0 Å². The molecule has 0 aliphatic heterocycles. The number of ether oxygens (including phenoxy) is 3. The molecule has 2 aromatic carbocycles. The third-order valence-corrected chi connectivity index (χ3v) is 6.50. The summed E-state index contributed by atoms with van der Waals surface area (Å²) in [6.07, 6.45) is 3.91. The van der Waals surface area contributed by atoms with Crippen molar-refractivity contribution in [1.29, 1.82) is 0 Å². The van der Waals surface area contributed by atoms with Gasteiger partial charge in [-0.1, -0.05) is 34.1 Å². The van der Waals surface area contributed by atoms with E-state index in [1.165, 1.54) is 0 Å². The lowest BCUT2D eigenvalue weighted by Crippen LogP contribution is -2.39. The van der Waals surface area contributed by atoms with Gasteiger partial charge in [0.1, 0.15) is 23.1 Å². The summed E-state index contributed by atoms with van der Waals surface area (Å²) in [6.45, 7) is 9.11. The van der Waals surface area contributed by atoms with Gasteiger partial charge in [0.15, 0.2) is 5.60 Å². The normalized spacial score (nSPS) is 11.6. The third kappa shape index (κ3) is 7.70. The average Bonchev–Trinajstić information content (AvgIpc) is 3.44. The fourth-order valence-electron chi connectivity index (χ4n) is 3.91. The number of hydrogen-bond donors (Lipinski definition) is 0. The van der Waals surface area contributed by atoms with Crippen molar-refractivity contribution in [3.05, 3.63) is 88.2 Å². The van der Waals surface area contributed by atoms with Gasteiger partial charge in [-0.2, -0.15) is 4.98 Å². The highest BCUT2D eigenvalue weighted by Gasteiger charge is 2.31. The summed E-state index contributed by atoms with van der Waals surface area (Å²) in [5, 5.41) is 0. The van der Waals surface area contributed by atoms with Crippen LogP contribution in [0.4, 0.5) is 0 Å². The number of aryl methyl sites for hydroxylation is 2. The molecule has 0 spiro atoms. The molecule has 206 valence electrons. The highest BCUT2D eigenvalue weighted by molar-refractivity contribution is 9.10. The molecule has 9 nitrogen and oxygen atoms in total. The number of nitrogens with zero attached hydrogens (tertiary/aromatic N) is 4. The Kier molecular flexibility index (Phi) is 9.08. The minimum atomic E-state index is -1.08. The molecule has 0 saturated carbocycles. The van der Waals surface area contributed by atoms with Crippen LogP contribution in [-0.2, 0) is 36.2 Å². The van der Waals surface area contributed by atoms with Crippen molar-refractivity contribution in [3.63, 3.8) is 0 Å². The molecular formula is C29H33BrN4O5. The standard InChI is InChI=1S/C29H33BrN4O5/c1-6-36-27(35)29(3,4)39-23-12-10-21(11-13-23)17-34(19-26-31-14-15-33(26)5)18-25-20(2)37-28(32-25)38-24-9-7-8-22(30)16-24/h7-16H,6,17-19H2,1-5H3. The summed E-state index contributed by atoms with van der Waals surface area (Å²) >= 11 is 3.45. The highest BCUT2D eigenvalue weighted by Crippen LogP contribution is 2.27. The summed E-state index contributed by atoms with van der Waals surface area (Å²) in [6, 6.07) is 15.2. The molecule has 0 unspecified atom stereocenters. The van der Waals surface area contributed by atoms with Crippen LogP contribution in [0.15, 0.2) is 69.8 Å². The fourth-order valence-corrected chi connectivity index (χ4v) is 4.29.